The number of anilines is 1. The summed E-state index contributed by atoms with van der Waals surface area (Å²) in [5.41, 5.74) is 5.56. The van der Waals surface area contributed by atoms with Crippen LogP contribution in [0.15, 0.2) is 53.0 Å². The normalized spacial score (nSPS) is 20.5. The van der Waals surface area contributed by atoms with Gasteiger partial charge in [0.25, 0.3) is 0 Å². The minimum atomic E-state index is -4.72. The molecule has 2 aromatic rings. The maximum Gasteiger partial charge on any atom is 0.418 e. The second-order valence-corrected chi connectivity index (χ2v) is 10.9. The molecule has 1 aromatic carbocycles. The van der Waals surface area contributed by atoms with Crippen LogP contribution in [-0.4, -0.2) is 5.78 Å². The molecule has 0 saturated carbocycles. The summed E-state index contributed by atoms with van der Waals surface area (Å²) in [4.78, 5) is 16.6. The van der Waals surface area contributed by atoms with Crippen molar-refractivity contribution in [3.63, 3.8) is 0 Å². The third kappa shape index (κ3) is 4.12. The number of thiophene rings is 1. The Balaban J connectivity index is 2.04. The molecule has 9 heteroatoms. The Morgan fingerprint density at radius 1 is 1.26 bits per heavy atom. The van der Waals surface area contributed by atoms with Crippen LogP contribution in [-0.2, 0) is 17.4 Å². The Morgan fingerprint density at radius 3 is 2.56 bits per heavy atom. The van der Waals surface area contributed by atoms with E-state index in [0.717, 1.165) is 22.2 Å². The molecule has 34 heavy (non-hydrogen) atoms. The van der Waals surface area contributed by atoms with Gasteiger partial charge in [0, 0.05) is 32.5 Å². The first-order valence-electron chi connectivity index (χ1n) is 10.8. The molecule has 1 aromatic heterocycles. The van der Waals surface area contributed by atoms with Crippen LogP contribution in [0.4, 0.5) is 18.9 Å². The van der Waals surface area contributed by atoms with Crippen molar-refractivity contribution >= 4 is 34.4 Å². The van der Waals surface area contributed by atoms with Gasteiger partial charge >= 0.3 is 6.18 Å². The van der Waals surface area contributed by atoms with Gasteiger partial charge in [-0.2, -0.15) is 18.4 Å². The van der Waals surface area contributed by atoms with Gasteiger partial charge in [0.05, 0.1) is 28.8 Å². The molecule has 4 rings (SSSR count). The van der Waals surface area contributed by atoms with Gasteiger partial charge in [0.1, 0.15) is 5.82 Å². The molecule has 0 saturated heterocycles. The Hall–Kier alpha value is -2.76. The lowest BCUT2D eigenvalue weighted by molar-refractivity contribution is -0.137. The largest absolute Gasteiger partial charge is 0.418 e. The van der Waals surface area contributed by atoms with Gasteiger partial charge in [-0.1, -0.05) is 32.4 Å². The fourth-order valence-electron chi connectivity index (χ4n) is 4.74. The first-order valence-corrected chi connectivity index (χ1v) is 12.0. The van der Waals surface area contributed by atoms with E-state index in [4.69, 9.17) is 17.3 Å². The standard InChI is InChI=1S/C25H23ClF3N3OS/c1-4-14-6-8-20(34-14)21-15(12-30)23(31)32(18-10-24(2,3)11-19(33)22(18)21)17-7-5-13(26)9-16(17)25(27,28)29/h5-9,21H,4,10-11,31H2,1-3H3. The van der Waals surface area contributed by atoms with E-state index < -0.39 is 23.1 Å². The Morgan fingerprint density at radius 2 is 1.97 bits per heavy atom. The molecule has 1 atom stereocenters. The zero-order valence-electron chi connectivity index (χ0n) is 18.9. The van der Waals surface area contributed by atoms with Gasteiger partial charge in [-0.25, -0.2) is 0 Å². The van der Waals surface area contributed by atoms with Gasteiger partial charge in [0.15, 0.2) is 5.78 Å². The highest BCUT2D eigenvalue weighted by Gasteiger charge is 2.47. The number of alkyl halides is 3. The number of benzene rings is 1. The summed E-state index contributed by atoms with van der Waals surface area (Å²) in [6.07, 6.45) is -3.37. The summed E-state index contributed by atoms with van der Waals surface area (Å²) in [5, 5.41) is 10.0. The summed E-state index contributed by atoms with van der Waals surface area (Å²) in [5.74, 6) is -0.988. The van der Waals surface area contributed by atoms with Crippen LogP contribution in [0.3, 0.4) is 0 Å². The first kappa shape index (κ1) is 24.4. The lowest BCUT2D eigenvalue weighted by atomic mass is 9.69. The average Bonchev–Trinajstić information content (AvgIpc) is 3.21. The number of carbonyl (C=O) groups is 1. The number of allylic oxidation sites excluding steroid dienone is 3. The molecule has 0 fully saturated rings. The number of carbonyl (C=O) groups excluding carboxylic acids is 1. The number of rotatable bonds is 3. The number of nitrogens with two attached hydrogens (primary N) is 1. The van der Waals surface area contributed by atoms with Crippen LogP contribution < -0.4 is 10.6 Å². The summed E-state index contributed by atoms with van der Waals surface area (Å²) < 4.78 is 42.1. The molecule has 1 aliphatic heterocycles. The van der Waals surface area contributed by atoms with Crippen LogP contribution in [0.2, 0.25) is 5.02 Å². The van der Waals surface area contributed by atoms with Crippen LogP contribution in [0.1, 0.15) is 54.8 Å². The highest BCUT2D eigenvalue weighted by atomic mass is 35.5. The van der Waals surface area contributed by atoms with E-state index >= 15 is 0 Å². The van der Waals surface area contributed by atoms with Crippen molar-refractivity contribution in [1.82, 2.24) is 0 Å². The number of nitrogens with zero attached hydrogens (tertiary/aromatic N) is 2. The Kier molecular flexibility index (Phi) is 6.07. The third-order valence-electron chi connectivity index (χ3n) is 6.20. The monoisotopic (exact) mass is 505 g/mol. The van der Waals surface area contributed by atoms with Crippen molar-refractivity contribution in [3.05, 3.63) is 73.3 Å². The van der Waals surface area contributed by atoms with Gasteiger partial charge in [-0.3, -0.25) is 9.69 Å². The van der Waals surface area contributed by atoms with E-state index in [2.05, 4.69) is 6.07 Å². The quantitative estimate of drug-likeness (QED) is 0.491. The number of hydrogen-bond acceptors (Lipinski definition) is 5. The number of halogens is 4. The molecule has 0 bridgehead atoms. The van der Waals surface area contributed by atoms with Crippen LogP contribution in [0.5, 0.6) is 0 Å². The predicted octanol–water partition coefficient (Wildman–Crippen LogP) is 6.92. The maximum atomic E-state index is 14.0. The van der Waals surface area contributed by atoms with E-state index in [-0.39, 0.29) is 34.3 Å². The molecule has 1 unspecified atom stereocenters. The third-order valence-corrected chi connectivity index (χ3v) is 7.73. The van der Waals surface area contributed by atoms with Crippen LogP contribution in [0.25, 0.3) is 0 Å². The predicted molar refractivity (Wildman–Crippen MR) is 127 cm³/mol. The fraction of sp³-hybridized carbons (Fsp3) is 0.360. The van der Waals surface area contributed by atoms with E-state index in [0.29, 0.717) is 17.7 Å². The molecule has 2 N–H and O–H groups in total. The molecule has 2 aliphatic rings. The first-order chi connectivity index (χ1) is 15.9. The molecule has 1 aliphatic carbocycles. The summed E-state index contributed by atoms with van der Waals surface area (Å²) in [7, 11) is 0. The molecule has 0 radical (unpaired) electrons. The maximum absolute atomic E-state index is 14.0. The van der Waals surface area contributed by atoms with Crippen molar-refractivity contribution in [1.29, 1.82) is 5.26 Å². The van der Waals surface area contributed by atoms with Gasteiger partial charge in [0.2, 0.25) is 0 Å². The van der Waals surface area contributed by atoms with Gasteiger partial charge in [-0.05, 0) is 48.6 Å². The molecule has 2 heterocycles. The van der Waals surface area contributed by atoms with Crippen molar-refractivity contribution in [2.24, 2.45) is 11.1 Å². The van der Waals surface area contributed by atoms with E-state index in [1.165, 1.54) is 28.4 Å². The van der Waals surface area contributed by atoms with Crippen LogP contribution in [0, 0.1) is 16.7 Å². The van der Waals surface area contributed by atoms with E-state index in [9.17, 15) is 23.2 Å². The van der Waals surface area contributed by atoms with Gasteiger partial charge in [-0.15, -0.1) is 11.3 Å². The molecule has 178 valence electrons. The molecule has 4 nitrogen and oxygen atoms in total. The molecular formula is C25H23ClF3N3OS. The number of aryl methyl sites for hydroxylation is 1. The molecular weight excluding hydrogens is 483 g/mol. The topological polar surface area (TPSA) is 70.1 Å². The highest BCUT2D eigenvalue weighted by molar-refractivity contribution is 7.12. The number of ketones is 1. The average molecular weight is 506 g/mol. The second-order valence-electron chi connectivity index (χ2n) is 9.30. The van der Waals surface area contributed by atoms with Gasteiger partial charge < -0.3 is 5.73 Å². The van der Waals surface area contributed by atoms with E-state index in [1.54, 1.807) is 0 Å². The van der Waals surface area contributed by atoms with Crippen molar-refractivity contribution in [2.45, 2.75) is 52.1 Å². The van der Waals surface area contributed by atoms with Crippen molar-refractivity contribution in [2.75, 3.05) is 4.90 Å². The van der Waals surface area contributed by atoms with Crippen LogP contribution >= 0.6 is 22.9 Å². The Labute approximate surface area is 205 Å². The fourth-order valence-corrected chi connectivity index (χ4v) is 5.98. The lowest BCUT2D eigenvalue weighted by Crippen LogP contribution is -2.42. The SMILES string of the molecule is CCc1ccc(C2C(C#N)=C(N)N(c3ccc(Cl)cc3C(F)(F)F)C3=C2C(=O)CC(C)(C)C3)s1. The Bertz CT molecular complexity index is 1280. The molecule has 0 spiro atoms. The number of hydrogen-bond donors (Lipinski definition) is 1. The minimum Gasteiger partial charge on any atom is -0.384 e. The van der Waals surface area contributed by atoms with Crippen molar-refractivity contribution in [3.8, 4) is 6.07 Å². The van der Waals surface area contributed by atoms with Crippen molar-refractivity contribution < 1.29 is 18.0 Å². The molecule has 0 amide bonds. The summed E-state index contributed by atoms with van der Waals surface area (Å²) in [6, 6.07) is 9.34. The number of Topliss-reactive ketones (excluding diaryl/α,β-unsaturated/α-hetero) is 1. The van der Waals surface area contributed by atoms with E-state index in [1.807, 2.05) is 32.9 Å². The zero-order valence-corrected chi connectivity index (χ0v) is 20.5. The summed E-state index contributed by atoms with van der Waals surface area (Å²) >= 11 is 7.38. The lowest BCUT2D eigenvalue weighted by Gasteiger charge is -2.44. The summed E-state index contributed by atoms with van der Waals surface area (Å²) in [6.45, 7) is 5.80. The zero-order chi connectivity index (χ0) is 25.0. The smallest absolute Gasteiger partial charge is 0.384 e. The minimum absolute atomic E-state index is 0.0689. The second kappa shape index (κ2) is 8.47. The highest BCUT2D eigenvalue weighted by Crippen LogP contribution is 2.52. The number of nitriles is 1.